The Balaban J connectivity index is 0.000000383. The summed E-state index contributed by atoms with van der Waals surface area (Å²) in [5, 5.41) is 14.7. The molecule has 2 fully saturated rings. The van der Waals surface area contributed by atoms with Gasteiger partial charge in [0.2, 0.25) is 0 Å². The van der Waals surface area contributed by atoms with Gasteiger partial charge >= 0.3 is 18.2 Å². The summed E-state index contributed by atoms with van der Waals surface area (Å²) in [7, 11) is 0. The third-order valence-electron chi connectivity index (χ3n) is 5.86. The number of urea groups is 1. The number of nitrogens with zero attached hydrogens (tertiary/aromatic N) is 1. The molecule has 2 heterocycles. The van der Waals surface area contributed by atoms with Gasteiger partial charge in [-0.3, -0.25) is 4.79 Å². The molecule has 0 radical (unpaired) electrons. The van der Waals surface area contributed by atoms with E-state index in [1.807, 2.05) is 35.2 Å². The van der Waals surface area contributed by atoms with Crippen LogP contribution in [0.2, 0.25) is 0 Å². The number of fused-ring (bicyclic) bond motifs is 1. The molecule has 0 spiro atoms. The van der Waals surface area contributed by atoms with Crippen LogP contribution in [0.15, 0.2) is 35.1 Å². The van der Waals surface area contributed by atoms with Crippen LogP contribution in [-0.2, 0) is 11.3 Å². The third kappa shape index (κ3) is 6.95. The summed E-state index contributed by atoms with van der Waals surface area (Å²) in [4.78, 5) is 38.2. The molecule has 2 aromatic rings. The van der Waals surface area contributed by atoms with Crippen molar-refractivity contribution in [2.45, 2.75) is 56.9 Å². The van der Waals surface area contributed by atoms with Crippen LogP contribution in [-0.4, -0.2) is 58.3 Å². The lowest BCUT2D eigenvalue weighted by Crippen LogP contribution is -2.51. The van der Waals surface area contributed by atoms with Gasteiger partial charge in [-0.05, 0) is 43.2 Å². The van der Waals surface area contributed by atoms with Crippen molar-refractivity contribution in [2.75, 3.05) is 13.1 Å². The number of hydrogen-bond donors (Lipinski definition) is 4. The van der Waals surface area contributed by atoms with Gasteiger partial charge in [0.1, 0.15) is 0 Å². The van der Waals surface area contributed by atoms with E-state index in [2.05, 4.69) is 15.6 Å². The molecule has 4 rings (SSSR count). The van der Waals surface area contributed by atoms with Gasteiger partial charge in [-0.1, -0.05) is 24.6 Å². The Labute approximate surface area is 188 Å². The number of benzene rings is 1. The Hall–Kier alpha value is -3.08. The van der Waals surface area contributed by atoms with Crippen LogP contribution in [0.5, 0.6) is 0 Å². The number of piperidine rings is 1. The summed E-state index contributed by atoms with van der Waals surface area (Å²) in [5.74, 6) is -2.76. The third-order valence-corrected chi connectivity index (χ3v) is 5.86. The second-order valence-electron chi connectivity index (χ2n) is 8.23. The van der Waals surface area contributed by atoms with Crippen LogP contribution in [0.25, 0.3) is 10.9 Å². The summed E-state index contributed by atoms with van der Waals surface area (Å²) in [5.41, 5.74) is 1.25. The zero-order valence-corrected chi connectivity index (χ0v) is 18.0. The van der Waals surface area contributed by atoms with Crippen molar-refractivity contribution in [3.8, 4) is 0 Å². The van der Waals surface area contributed by atoms with Crippen LogP contribution >= 0.6 is 0 Å². The van der Waals surface area contributed by atoms with Gasteiger partial charge in [-0.2, -0.15) is 13.2 Å². The number of likely N-dealkylation sites (tertiary alicyclic amines) is 1. The van der Waals surface area contributed by atoms with Crippen molar-refractivity contribution < 1.29 is 27.9 Å². The molecule has 0 bridgehead atoms. The number of carboxylic acids is 1. The fraction of sp³-hybridized carbons (Fsp3) is 0.500. The minimum Gasteiger partial charge on any atom is -0.475 e. The number of carboxylic acid groups (broad SMARTS) is 1. The number of halogens is 3. The predicted octanol–water partition coefficient (Wildman–Crippen LogP) is 2.98. The Morgan fingerprint density at radius 1 is 1.09 bits per heavy atom. The van der Waals surface area contributed by atoms with Crippen molar-refractivity contribution in [3.63, 3.8) is 0 Å². The maximum atomic E-state index is 12.4. The van der Waals surface area contributed by atoms with Crippen LogP contribution in [0.4, 0.5) is 18.0 Å². The number of carbonyl (C=O) groups excluding carboxylic acids is 1. The van der Waals surface area contributed by atoms with Gasteiger partial charge in [0.15, 0.2) is 0 Å². The minimum absolute atomic E-state index is 0.0837. The number of carbonyl (C=O) groups is 2. The summed E-state index contributed by atoms with van der Waals surface area (Å²) >= 11 is 0. The van der Waals surface area contributed by atoms with Crippen molar-refractivity contribution in [2.24, 2.45) is 0 Å². The second-order valence-corrected chi connectivity index (χ2v) is 8.23. The number of amides is 2. The molecule has 1 saturated carbocycles. The molecule has 2 aliphatic rings. The molecule has 1 aliphatic carbocycles. The smallest absolute Gasteiger partial charge is 0.475 e. The largest absolute Gasteiger partial charge is 0.490 e. The minimum atomic E-state index is -5.08. The van der Waals surface area contributed by atoms with Gasteiger partial charge in [0, 0.05) is 42.8 Å². The Bertz CT molecular complexity index is 1030. The normalized spacial score (nSPS) is 17.1. The number of H-pyrrole nitrogens is 1. The first kappa shape index (κ1) is 24.6. The van der Waals surface area contributed by atoms with Crippen molar-refractivity contribution in [1.29, 1.82) is 0 Å². The standard InChI is InChI=1S/C20H26N4O2.C2HF3O2/c25-19-15(12-14-4-1-2-7-18(14)23-19)13-21-20(26)24-10-8-17(9-11-24)22-16-5-3-6-16;3-2(4,5)1(6)7/h1-2,4,7,12,16-17,22H,3,5-6,8-11,13H2,(H,21,26)(H,23,25);(H,6,7). The van der Waals surface area contributed by atoms with Crippen LogP contribution in [0, 0.1) is 0 Å². The zero-order valence-electron chi connectivity index (χ0n) is 18.0. The number of pyridine rings is 1. The number of alkyl halides is 3. The van der Waals surface area contributed by atoms with Crippen LogP contribution in [0.3, 0.4) is 0 Å². The van der Waals surface area contributed by atoms with E-state index in [0.29, 0.717) is 17.6 Å². The topological polar surface area (TPSA) is 115 Å². The maximum absolute atomic E-state index is 12.4. The summed E-state index contributed by atoms with van der Waals surface area (Å²) in [6.45, 7) is 1.79. The van der Waals surface area contributed by atoms with E-state index in [9.17, 15) is 22.8 Å². The zero-order chi connectivity index (χ0) is 24.0. The first-order valence-electron chi connectivity index (χ1n) is 10.8. The van der Waals surface area contributed by atoms with Crippen molar-refractivity contribution >= 4 is 22.9 Å². The molecule has 0 unspecified atom stereocenters. The summed E-state index contributed by atoms with van der Waals surface area (Å²) < 4.78 is 31.7. The lowest BCUT2D eigenvalue weighted by molar-refractivity contribution is -0.192. The molecular formula is C22H27F3N4O4. The number of aromatic amines is 1. The number of para-hydroxylation sites is 1. The molecule has 8 nitrogen and oxygen atoms in total. The van der Waals surface area contributed by atoms with E-state index in [1.54, 1.807) is 0 Å². The molecule has 0 atom stereocenters. The average Bonchev–Trinajstić information content (AvgIpc) is 2.75. The summed E-state index contributed by atoms with van der Waals surface area (Å²) in [6.07, 6.45) is 0.843. The number of hydrogen-bond acceptors (Lipinski definition) is 4. The van der Waals surface area contributed by atoms with E-state index in [-0.39, 0.29) is 18.1 Å². The molecule has 1 aliphatic heterocycles. The van der Waals surface area contributed by atoms with Crippen molar-refractivity contribution in [1.82, 2.24) is 20.5 Å². The molecule has 2 amide bonds. The van der Waals surface area contributed by atoms with E-state index in [4.69, 9.17) is 9.90 Å². The fourth-order valence-electron chi connectivity index (χ4n) is 3.76. The Kier molecular flexibility index (Phi) is 7.96. The van der Waals surface area contributed by atoms with Gasteiger partial charge in [0.05, 0.1) is 0 Å². The van der Waals surface area contributed by atoms with E-state index in [1.165, 1.54) is 19.3 Å². The molecular weight excluding hydrogens is 441 g/mol. The number of rotatable bonds is 4. The highest BCUT2D eigenvalue weighted by Crippen LogP contribution is 2.21. The second kappa shape index (κ2) is 10.7. The highest BCUT2D eigenvalue weighted by atomic mass is 19.4. The van der Waals surface area contributed by atoms with Crippen LogP contribution < -0.4 is 16.2 Å². The first-order chi connectivity index (χ1) is 15.6. The highest BCUT2D eigenvalue weighted by Gasteiger charge is 2.38. The predicted molar refractivity (Wildman–Crippen MR) is 116 cm³/mol. The quantitative estimate of drug-likeness (QED) is 0.551. The lowest BCUT2D eigenvalue weighted by Gasteiger charge is -2.37. The Morgan fingerprint density at radius 3 is 2.27 bits per heavy atom. The lowest BCUT2D eigenvalue weighted by atomic mass is 9.91. The molecule has 1 saturated heterocycles. The van der Waals surface area contributed by atoms with E-state index < -0.39 is 12.1 Å². The average molecular weight is 468 g/mol. The summed E-state index contributed by atoms with van der Waals surface area (Å²) in [6, 6.07) is 10.7. The van der Waals surface area contributed by atoms with Crippen molar-refractivity contribution in [3.05, 3.63) is 46.2 Å². The van der Waals surface area contributed by atoms with E-state index in [0.717, 1.165) is 36.8 Å². The molecule has 1 aromatic carbocycles. The molecule has 11 heteroatoms. The SMILES string of the molecule is O=C(NCc1cc2ccccc2[nH]c1=O)N1CCC(NC2CCC2)CC1.O=C(O)C(F)(F)F. The van der Waals surface area contributed by atoms with E-state index >= 15 is 0 Å². The van der Waals surface area contributed by atoms with Gasteiger partial charge < -0.3 is 25.6 Å². The Morgan fingerprint density at radius 2 is 1.70 bits per heavy atom. The molecule has 1 aromatic heterocycles. The monoisotopic (exact) mass is 468 g/mol. The fourth-order valence-corrected chi connectivity index (χ4v) is 3.76. The van der Waals surface area contributed by atoms with Gasteiger partial charge in [-0.15, -0.1) is 0 Å². The molecule has 4 N–H and O–H groups in total. The number of aliphatic carboxylic acids is 1. The maximum Gasteiger partial charge on any atom is 0.490 e. The molecule has 33 heavy (non-hydrogen) atoms. The van der Waals surface area contributed by atoms with Gasteiger partial charge in [-0.25, -0.2) is 9.59 Å². The highest BCUT2D eigenvalue weighted by molar-refractivity contribution is 5.79. The molecule has 180 valence electrons. The number of aromatic nitrogens is 1. The first-order valence-corrected chi connectivity index (χ1v) is 10.8. The van der Waals surface area contributed by atoms with Gasteiger partial charge in [0.25, 0.3) is 5.56 Å². The number of nitrogens with one attached hydrogen (secondary N) is 3. The van der Waals surface area contributed by atoms with Crippen LogP contribution in [0.1, 0.15) is 37.7 Å².